The number of nitrogens with zero attached hydrogens (tertiary/aromatic N) is 3. The van der Waals surface area contributed by atoms with E-state index in [2.05, 4.69) is 27.5 Å². The minimum absolute atomic E-state index is 0. The molecule has 0 aliphatic heterocycles. The largest absolute Gasteiger partial charge is 0.491 e. The molecule has 9 heteroatoms. The maximum absolute atomic E-state index is 5.60. The SMILES string of the molecule is CCNC(=NCc1ccc(OCCOC)cc1)N(C)Cc1csc(C(C)OC)n1.I. The molecule has 1 aromatic heterocycles. The second-order valence-corrected chi connectivity index (χ2v) is 7.46. The standard InChI is InChI=1S/C21H32N4O3S.HI/c1-6-22-21(25(3)14-18-15-29-20(24-18)16(2)27-5)23-13-17-7-9-19(10-8-17)28-12-11-26-4;/h7-10,15-16H,6,11-14H2,1-5H3,(H,22,23);1H. The average Bonchev–Trinajstić information content (AvgIpc) is 3.20. The zero-order chi connectivity index (χ0) is 21.1. The van der Waals surface area contributed by atoms with Crippen molar-refractivity contribution in [3.05, 3.63) is 45.9 Å². The molecule has 2 rings (SSSR count). The summed E-state index contributed by atoms with van der Waals surface area (Å²) in [6.45, 7) is 7.28. The van der Waals surface area contributed by atoms with Gasteiger partial charge in [-0.2, -0.15) is 0 Å². The number of nitrogens with one attached hydrogen (secondary N) is 1. The van der Waals surface area contributed by atoms with E-state index in [4.69, 9.17) is 19.2 Å². The van der Waals surface area contributed by atoms with Crippen LogP contribution in [0.25, 0.3) is 0 Å². The lowest BCUT2D eigenvalue weighted by Crippen LogP contribution is -2.38. The van der Waals surface area contributed by atoms with Crippen LogP contribution in [0.3, 0.4) is 0 Å². The molecule has 30 heavy (non-hydrogen) atoms. The Hall–Kier alpha value is -1.43. The van der Waals surface area contributed by atoms with E-state index in [1.54, 1.807) is 25.6 Å². The number of guanidine groups is 1. The number of benzene rings is 1. The monoisotopic (exact) mass is 548 g/mol. The van der Waals surface area contributed by atoms with Crippen molar-refractivity contribution in [1.82, 2.24) is 15.2 Å². The highest BCUT2D eigenvalue weighted by Gasteiger charge is 2.12. The Balaban J connectivity index is 0.00000450. The first-order valence-electron chi connectivity index (χ1n) is 9.74. The predicted octanol–water partition coefficient (Wildman–Crippen LogP) is 4.09. The van der Waals surface area contributed by atoms with Crippen molar-refractivity contribution in [2.24, 2.45) is 4.99 Å². The van der Waals surface area contributed by atoms with Crippen molar-refractivity contribution < 1.29 is 14.2 Å². The smallest absolute Gasteiger partial charge is 0.194 e. The fourth-order valence-electron chi connectivity index (χ4n) is 2.57. The molecule has 0 aliphatic rings. The van der Waals surface area contributed by atoms with Gasteiger partial charge < -0.3 is 24.4 Å². The number of thiazole rings is 1. The normalized spacial score (nSPS) is 12.2. The summed E-state index contributed by atoms with van der Waals surface area (Å²) in [5, 5.41) is 6.42. The van der Waals surface area contributed by atoms with Gasteiger partial charge in [0.1, 0.15) is 23.5 Å². The van der Waals surface area contributed by atoms with E-state index >= 15 is 0 Å². The second-order valence-electron chi connectivity index (χ2n) is 6.57. The van der Waals surface area contributed by atoms with Crippen molar-refractivity contribution in [3.8, 4) is 5.75 Å². The summed E-state index contributed by atoms with van der Waals surface area (Å²) < 4.78 is 15.9. The van der Waals surface area contributed by atoms with Crippen molar-refractivity contribution in [3.63, 3.8) is 0 Å². The van der Waals surface area contributed by atoms with Crippen LogP contribution in [0.1, 0.15) is 36.2 Å². The lowest BCUT2D eigenvalue weighted by Gasteiger charge is -2.21. The highest BCUT2D eigenvalue weighted by Crippen LogP contribution is 2.21. The van der Waals surface area contributed by atoms with Crippen molar-refractivity contribution in [2.75, 3.05) is 41.0 Å². The Morgan fingerprint density at radius 1 is 1.23 bits per heavy atom. The molecule has 7 nitrogen and oxygen atoms in total. The zero-order valence-electron chi connectivity index (χ0n) is 18.4. The molecule has 0 saturated heterocycles. The molecule has 0 spiro atoms. The van der Waals surface area contributed by atoms with Crippen LogP contribution < -0.4 is 10.1 Å². The second kappa shape index (κ2) is 14.6. The molecule has 1 N–H and O–H groups in total. The molecule has 0 saturated carbocycles. The van der Waals surface area contributed by atoms with Gasteiger partial charge in [-0.1, -0.05) is 12.1 Å². The van der Waals surface area contributed by atoms with E-state index in [1.807, 2.05) is 38.2 Å². The molecule has 1 aromatic carbocycles. The number of ether oxygens (including phenoxy) is 3. The maximum Gasteiger partial charge on any atom is 0.194 e. The summed E-state index contributed by atoms with van der Waals surface area (Å²) in [4.78, 5) is 11.5. The number of aliphatic imine (C=N–C) groups is 1. The highest BCUT2D eigenvalue weighted by molar-refractivity contribution is 14.0. The number of rotatable bonds is 11. The first kappa shape index (κ1) is 26.6. The highest BCUT2D eigenvalue weighted by atomic mass is 127. The molecule has 0 fully saturated rings. The molecular weight excluding hydrogens is 515 g/mol. The summed E-state index contributed by atoms with van der Waals surface area (Å²) in [7, 11) is 5.38. The van der Waals surface area contributed by atoms with Crippen LogP contribution in [0.5, 0.6) is 5.75 Å². The molecule has 2 aromatic rings. The van der Waals surface area contributed by atoms with E-state index in [0.717, 1.165) is 34.5 Å². The molecular formula is C21H33IN4O3S. The molecule has 1 heterocycles. The van der Waals surface area contributed by atoms with Crippen LogP contribution in [0.15, 0.2) is 34.6 Å². The van der Waals surface area contributed by atoms with E-state index in [1.165, 1.54) is 0 Å². The number of hydrogen-bond acceptors (Lipinski definition) is 6. The first-order chi connectivity index (χ1) is 14.1. The lowest BCUT2D eigenvalue weighted by molar-refractivity contribution is 0.119. The van der Waals surface area contributed by atoms with Gasteiger partial charge in [-0.05, 0) is 31.5 Å². The maximum atomic E-state index is 5.60. The summed E-state index contributed by atoms with van der Waals surface area (Å²) in [5.41, 5.74) is 2.14. The van der Waals surface area contributed by atoms with E-state index in [-0.39, 0.29) is 30.1 Å². The Morgan fingerprint density at radius 2 is 1.97 bits per heavy atom. The molecule has 0 bridgehead atoms. The van der Waals surface area contributed by atoms with Crippen LogP contribution in [-0.2, 0) is 22.6 Å². The summed E-state index contributed by atoms with van der Waals surface area (Å²) in [5.74, 6) is 1.69. The molecule has 0 radical (unpaired) electrons. The lowest BCUT2D eigenvalue weighted by atomic mass is 10.2. The van der Waals surface area contributed by atoms with Crippen LogP contribution >= 0.6 is 35.3 Å². The van der Waals surface area contributed by atoms with Gasteiger partial charge in [0.2, 0.25) is 0 Å². The van der Waals surface area contributed by atoms with E-state index in [9.17, 15) is 0 Å². The van der Waals surface area contributed by atoms with Crippen LogP contribution in [0.4, 0.5) is 0 Å². The first-order valence-corrected chi connectivity index (χ1v) is 10.6. The van der Waals surface area contributed by atoms with Gasteiger partial charge in [-0.3, -0.25) is 0 Å². The number of methoxy groups -OCH3 is 2. The van der Waals surface area contributed by atoms with E-state index < -0.39 is 0 Å². The third-order valence-electron chi connectivity index (χ3n) is 4.26. The van der Waals surface area contributed by atoms with Gasteiger partial charge in [0.25, 0.3) is 0 Å². The Labute approximate surface area is 200 Å². The number of halogens is 1. The minimum Gasteiger partial charge on any atom is -0.491 e. The van der Waals surface area contributed by atoms with Gasteiger partial charge in [0, 0.05) is 33.2 Å². The topological polar surface area (TPSA) is 68.2 Å². The van der Waals surface area contributed by atoms with Gasteiger partial charge in [0.15, 0.2) is 5.96 Å². The number of hydrogen-bond donors (Lipinski definition) is 1. The molecule has 0 aliphatic carbocycles. The average molecular weight is 548 g/mol. The quantitative estimate of drug-likeness (QED) is 0.198. The van der Waals surface area contributed by atoms with Gasteiger partial charge in [0.05, 0.1) is 25.4 Å². The fourth-order valence-corrected chi connectivity index (χ4v) is 3.41. The van der Waals surface area contributed by atoms with Crippen LogP contribution in [-0.4, -0.2) is 56.9 Å². The molecule has 1 unspecified atom stereocenters. The van der Waals surface area contributed by atoms with Gasteiger partial charge >= 0.3 is 0 Å². The van der Waals surface area contributed by atoms with Crippen molar-refractivity contribution >= 4 is 41.3 Å². The van der Waals surface area contributed by atoms with Crippen molar-refractivity contribution in [1.29, 1.82) is 0 Å². The third-order valence-corrected chi connectivity index (χ3v) is 5.31. The Kier molecular flexibility index (Phi) is 12.9. The van der Waals surface area contributed by atoms with Crippen molar-refractivity contribution in [2.45, 2.75) is 33.0 Å². The zero-order valence-corrected chi connectivity index (χ0v) is 21.5. The predicted molar refractivity (Wildman–Crippen MR) is 133 cm³/mol. The van der Waals surface area contributed by atoms with Gasteiger partial charge in [-0.25, -0.2) is 9.98 Å². The summed E-state index contributed by atoms with van der Waals surface area (Å²) >= 11 is 1.62. The van der Waals surface area contributed by atoms with Crippen LogP contribution in [0, 0.1) is 0 Å². The fraction of sp³-hybridized carbons (Fsp3) is 0.524. The van der Waals surface area contributed by atoms with E-state index in [0.29, 0.717) is 26.3 Å². The number of aromatic nitrogens is 1. The van der Waals surface area contributed by atoms with Crippen LogP contribution in [0.2, 0.25) is 0 Å². The third kappa shape index (κ3) is 8.75. The molecule has 1 atom stereocenters. The summed E-state index contributed by atoms with van der Waals surface area (Å²) in [6, 6.07) is 8.00. The molecule has 168 valence electrons. The Morgan fingerprint density at radius 3 is 2.60 bits per heavy atom. The van der Waals surface area contributed by atoms with Gasteiger partial charge in [-0.15, -0.1) is 35.3 Å². The summed E-state index contributed by atoms with van der Waals surface area (Å²) in [6.07, 6.45) is 0.0161. The molecule has 0 amide bonds. The Bertz CT molecular complexity index is 755. The minimum atomic E-state index is 0.